The van der Waals surface area contributed by atoms with Crippen molar-refractivity contribution in [3.8, 4) is 0 Å². The van der Waals surface area contributed by atoms with Crippen molar-refractivity contribution >= 4 is 5.69 Å². The Morgan fingerprint density at radius 3 is 2.20 bits per heavy atom. The molecule has 1 aromatic carbocycles. The van der Waals surface area contributed by atoms with Gasteiger partial charge in [-0.1, -0.05) is 26.0 Å². The zero-order valence-corrected chi connectivity index (χ0v) is 12.4. The van der Waals surface area contributed by atoms with Gasteiger partial charge in [0, 0.05) is 38.4 Å². The van der Waals surface area contributed by atoms with Crippen LogP contribution in [0.15, 0.2) is 24.3 Å². The van der Waals surface area contributed by atoms with Crippen LogP contribution in [0.4, 0.5) is 10.1 Å². The fourth-order valence-electron chi connectivity index (χ4n) is 2.60. The lowest BCUT2D eigenvalue weighted by Gasteiger charge is -2.36. The van der Waals surface area contributed by atoms with Gasteiger partial charge in [0.1, 0.15) is 6.17 Å². The maximum Gasteiger partial charge on any atom is 0.136 e. The third-order valence-electron chi connectivity index (χ3n) is 3.95. The summed E-state index contributed by atoms with van der Waals surface area (Å²) in [6.45, 7) is 7.90. The van der Waals surface area contributed by atoms with E-state index in [0.29, 0.717) is 12.5 Å². The first kappa shape index (κ1) is 15.3. The molecule has 1 unspecified atom stereocenters. The van der Waals surface area contributed by atoms with E-state index in [-0.39, 0.29) is 6.61 Å². The third-order valence-corrected chi connectivity index (χ3v) is 3.95. The van der Waals surface area contributed by atoms with E-state index in [9.17, 15) is 4.39 Å². The van der Waals surface area contributed by atoms with Gasteiger partial charge >= 0.3 is 0 Å². The summed E-state index contributed by atoms with van der Waals surface area (Å²) in [7, 11) is 0. The van der Waals surface area contributed by atoms with Gasteiger partial charge in [-0.05, 0) is 23.6 Å². The lowest BCUT2D eigenvalue weighted by Crippen LogP contribution is -2.48. The van der Waals surface area contributed by atoms with Crippen LogP contribution in [0.25, 0.3) is 0 Å². The van der Waals surface area contributed by atoms with E-state index in [4.69, 9.17) is 5.11 Å². The Hall–Kier alpha value is -1.13. The molecule has 1 saturated heterocycles. The number of aliphatic hydroxyl groups is 1. The van der Waals surface area contributed by atoms with Crippen LogP contribution in [0, 0.1) is 0 Å². The average Bonchev–Trinajstić information content (AvgIpc) is 2.48. The first-order chi connectivity index (χ1) is 9.60. The Kier molecular flexibility index (Phi) is 5.38. The maximum atomic E-state index is 13.2. The van der Waals surface area contributed by atoms with Crippen LogP contribution in [0.5, 0.6) is 0 Å². The topological polar surface area (TPSA) is 26.7 Å². The van der Waals surface area contributed by atoms with Gasteiger partial charge in [0.2, 0.25) is 0 Å². The monoisotopic (exact) mass is 280 g/mol. The lowest BCUT2D eigenvalue weighted by molar-refractivity contribution is 0.123. The highest BCUT2D eigenvalue weighted by Crippen LogP contribution is 2.21. The molecule has 1 aliphatic rings. The highest BCUT2D eigenvalue weighted by atomic mass is 19.1. The van der Waals surface area contributed by atoms with Crippen molar-refractivity contribution in [2.75, 3.05) is 44.2 Å². The molecule has 20 heavy (non-hydrogen) atoms. The van der Waals surface area contributed by atoms with Crippen molar-refractivity contribution in [2.24, 2.45) is 0 Å². The summed E-state index contributed by atoms with van der Waals surface area (Å²) in [5, 5.41) is 8.75. The Morgan fingerprint density at radius 1 is 1.10 bits per heavy atom. The molecule has 0 amide bonds. The Morgan fingerprint density at radius 2 is 1.70 bits per heavy atom. The van der Waals surface area contributed by atoms with E-state index in [0.717, 1.165) is 26.2 Å². The molecular weight excluding hydrogens is 255 g/mol. The van der Waals surface area contributed by atoms with Gasteiger partial charge in [-0.2, -0.15) is 0 Å². The van der Waals surface area contributed by atoms with Crippen LogP contribution in [-0.2, 0) is 0 Å². The normalized spacial score (nSPS) is 18.6. The van der Waals surface area contributed by atoms with Crippen LogP contribution < -0.4 is 4.90 Å². The molecular formula is C16H25FN2O. The number of aliphatic hydroxyl groups excluding tert-OH is 1. The van der Waals surface area contributed by atoms with E-state index in [1.54, 1.807) is 0 Å². The number of benzene rings is 1. The SMILES string of the molecule is CC(C)c1ccc(N2CCN(CC(F)CO)CC2)cc1. The summed E-state index contributed by atoms with van der Waals surface area (Å²) in [6.07, 6.45) is -1.12. The van der Waals surface area contributed by atoms with Gasteiger partial charge < -0.3 is 10.0 Å². The van der Waals surface area contributed by atoms with Crippen LogP contribution in [0.2, 0.25) is 0 Å². The summed E-state index contributed by atoms with van der Waals surface area (Å²) in [4.78, 5) is 4.42. The average molecular weight is 280 g/mol. The van der Waals surface area contributed by atoms with E-state index in [1.165, 1.54) is 11.3 Å². The molecule has 0 radical (unpaired) electrons. The second-order valence-corrected chi connectivity index (χ2v) is 5.81. The first-order valence-corrected chi connectivity index (χ1v) is 7.42. The molecule has 4 heteroatoms. The predicted octanol–water partition coefficient (Wildman–Crippen LogP) is 2.26. The highest BCUT2D eigenvalue weighted by molar-refractivity contribution is 5.48. The summed E-state index contributed by atoms with van der Waals surface area (Å²) in [6, 6.07) is 8.73. The van der Waals surface area contributed by atoms with Crippen molar-refractivity contribution < 1.29 is 9.50 Å². The number of hydrogen-bond donors (Lipinski definition) is 1. The number of alkyl halides is 1. The molecule has 1 aromatic rings. The van der Waals surface area contributed by atoms with Crippen LogP contribution in [-0.4, -0.2) is 55.5 Å². The molecule has 1 N–H and O–H groups in total. The first-order valence-electron chi connectivity index (χ1n) is 7.42. The molecule has 0 bridgehead atoms. The lowest BCUT2D eigenvalue weighted by atomic mass is 10.0. The molecule has 112 valence electrons. The van der Waals surface area contributed by atoms with Crippen molar-refractivity contribution in [1.29, 1.82) is 0 Å². The van der Waals surface area contributed by atoms with Gasteiger partial charge in [-0.3, -0.25) is 4.90 Å². The molecule has 1 atom stereocenters. The summed E-state index contributed by atoms with van der Waals surface area (Å²) in [5.41, 5.74) is 2.60. The highest BCUT2D eigenvalue weighted by Gasteiger charge is 2.19. The number of piperazine rings is 1. The Labute approximate surface area is 121 Å². The number of halogens is 1. The smallest absolute Gasteiger partial charge is 0.136 e. The van der Waals surface area contributed by atoms with Gasteiger partial charge in [-0.15, -0.1) is 0 Å². The molecule has 1 aliphatic heterocycles. The number of rotatable bonds is 5. The fourth-order valence-corrected chi connectivity index (χ4v) is 2.60. The number of hydrogen-bond acceptors (Lipinski definition) is 3. The van der Waals surface area contributed by atoms with E-state index in [1.807, 2.05) is 0 Å². The van der Waals surface area contributed by atoms with Crippen LogP contribution in [0.3, 0.4) is 0 Å². The zero-order chi connectivity index (χ0) is 14.5. The van der Waals surface area contributed by atoms with Crippen molar-refractivity contribution in [3.63, 3.8) is 0 Å². The summed E-state index contributed by atoms with van der Waals surface area (Å²) in [5.74, 6) is 0.556. The zero-order valence-electron chi connectivity index (χ0n) is 12.4. The molecule has 3 nitrogen and oxygen atoms in total. The minimum absolute atomic E-state index is 0.344. The standard InChI is InChI=1S/C16H25FN2O/c1-13(2)14-3-5-16(6-4-14)19-9-7-18(8-10-19)11-15(17)12-20/h3-6,13,15,20H,7-12H2,1-2H3. The quantitative estimate of drug-likeness (QED) is 0.896. The van der Waals surface area contributed by atoms with E-state index in [2.05, 4.69) is 47.9 Å². The molecule has 0 spiro atoms. The van der Waals surface area contributed by atoms with Crippen molar-refractivity contribution in [3.05, 3.63) is 29.8 Å². The summed E-state index contributed by atoms with van der Waals surface area (Å²) < 4.78 is 13.2. The van der Waals surface area contributed by atoms with Gasteiger partial charge in [0.25, 0.3) is 0 Å². The molecule has 0 saturated carbocycles. The maximum absolute atomic E-state index is 13.2. The largest absolute Gasteiger partial charge is 0.393 e. The fraction of sp³-hybridized carbons (Fsp3) is 0.625. The second-order valence-electron chi connectivity index (χ2n) is 5.81. The van der Waals surface area contributed by atoms with Gasteiger partial charge in [-0.25, -0.2) is 4.39 Å². The molecule has 0 aliphatic carbocycles. The van der Waals surface area contributed by atoms with E-state index < -0.39 is 6.17 Å². The molecule has 1 fully saturated rings. The summed E-state index contributed by atoms with van der Waals surface area (Å²) >= 11 is 0. The number of anilines is 1. The van der Waals surface area contributed by atoms with Crippen LogP contribution >= 0.6 is 0 Å². The van der Waals surface area contributed by atoms with E-state index >= 15 is 0 Å². The minimum Gasteiger partial charge on any atom is -0.393 e. The Bertz CT molecular complexity index is 399. The molecule has 2 rings (SSSR count). The van der Waals surface area contributed by atoms with Crippen LogP contribution in [0.1, 0.15) is 25.3 Å². The minimum atomic E-state index is -1.12. The second kappa shape index (κ2) is 7.04. The van der Waals surface area contributed by atoms with Gasteiger partial charge in [0.05, 0.1) is 6.61 Å². The Balaban J connectivity index is 1.87. The third kappa shape index (κ3) is 3.93. The predicted molar refractivity (Wildman–Crippen MR) is 81.2 cm³/mol. The van der Waals surface area contributed by atoms with Crippen molar-refractivity contribution in [2.45, 2.75) is 25.9 Å². The molecule has 0 aromatic heterocycles. The van der Waals surface area contributed by atoms with Crippen molar-refractivity contribution in [1.82, 2.24) is 4.90 Å². The molecule has 1 heterocycles. The van der Waals surface area contributed by atoms with Gasteiger partial charge in [0.15, 0.2) is 0 Å². The number of nitrogens with zero attached hydrogens (tertiary/aromatic N) is 2.